The van der Waals surface area contributed by atoms with E-state index in [0.29, 0.717) is 19.3 Å². The first kappa shape index (κ1) is 9.44. The van der Waals surface area contributed by atoms with E-state index in [1.807, 2.05) is 0 Å². The van der Waals surface area contributed by atoms with E-state index < -0.39 is 0 Å². The zero-order chi connectivity index (χ0) is 9.10. The fourth-order valence-corrected chi connectivity index (χ4v) is 2.27. The van der Waals surface area contributed by atoms with E-state index in [1.54, 1.807) is 0 Å². The summed E-state index contributed by atoms with van der Waals surface area (Å²) in [6.07, 6.45) is 6.29. The minimum absolute atomic E-state index is 0.183. The van der Waals surface area contributed by atoms with Crippen LogP contribution in [0.4, 0.5) is 0 Å². The van der Waals surface area contributed by atoms with Gasteiger partial charge < -0.3 is 15.2 Å². The summed E-state index contributed by atoms with van der Waals surface area (Å²) < 4.78 is 5.20. The van der Waals surface area contributed by atoms with Crippen molar-refractivity contribution in [3.05, 3.63) is 0 Å². The molecule has 2 rings (SSSR count). The van der Waals surface area contributed by atoms with Crippen LogP contribution in [0.1, 0.15) is 32.1 Å². The molecule has 1 aliphatic heterocycles. The quantitative estimate of drug-likeness (QED) is 0.664. The fraction of sp³-hybridized carbons (Fsp3) is 1.00. The lowest BCUT2D eigenvalue weighted by atomic mass is 9.94. The average molecular weight is 185 g/mol. The molecule has 0 amide bonds. The Bertz CT molecular complexity index is 157. The first-order valence-corrected chi connectivity index (χ1v) is 5.38. The lowest BCUT2D eigenvalue weighted by Gasteiger charge is -2.26. The van der Waals surface area contributed by atoms with Crippen LogP contribution < -0.4 is 5.32 Å². The van der Waals surface area contributed by atoms with E-state index in [2.05, 4.69) is 5.32 Å². The summed E-state index contributed by atoms with van der Waals surface area (Å²) in [7, 11) is 0. The predicted octanol–water partition coefficient (Wildman–Crippen LogP) is 0.668. The summed E-state index contributed by atoms with van der Waals surface area (Å²) in [6.45, 7) is 1.18. The van der Waals surface area contributed by atoms with Gasteiger partial charge in [0, 0.05) is 6.04 Å². The lowest BCUT2D eigenvalue weighted by Crippen LogP contribution is -2.45. The maximum absolute atomic E-state index is 9.53. The minimum atomic E-state index is -0.290. The van der Waals surface area contributed by atoms with Crippen molar-refractivity contribution < 1.29 is 9.84 Å². The summed E-state index contributed by atoms with van der Waals surface area (Å²) in [4.78, 5) is 0. The van der Waals surface area contributed by atoms with Gasteiger partial charge in [0.25, 0.3) is 0 Å². The van der Waals surface area contributed by atoms with Gasteiger partial charge in [-0.25, -0.2) is 0 Å². The highest BCUT2D eigenvalue weighted by molar-refractivity contribution is 4.85. The van der Waals surface area contributed by atoms with E-state index in [-0.39, 0.29) is 12.1 Å². The van der Waals surface area contributed by atoms with Crippen LogP contribution in [0.2, 0.25) is 0 Å². The Labute approximate surface area is 79.5 Å². The standard InChI is InChI=1S/C10H19NO2/c12-10-7-13-6-9(10)11-8-4-2-1-3-5-8/h8-12H,1-7H2/t9-,10-/m1/s1. The summed E-state index contributed by atoms with van der Waals surface area (Å²) in [5.74, 6) is 0. The zero-order valence-corrected chi connectivity index (χ0v) is 8.04. The van der Waals surface area contributed by atoms with E-state index >= 15 is 0 Å². The van der Waals surface area contributed by atoms with Gasteiger partial charge >= 0.3 is 0 Å². The van der Waals surface area contributed by atoms with Crippen molar-refractivity contribution in [3.63, 3.8) is 0 Å². The smallest absolute Gasteiger partial charge is 0.0948 e. The molecule has 13 heavy (non-hydrogen) atoms. The van der Waals surface area contributed by atoms with Gasteiger partial charge in [-0.1, -0.05) is 19.3 Å². The van der Waals surface area contributed by atoms with Crippen molar-refractivity contribution in [3.8, 4) is 0 Å². The van der Waals surface area contributed by atoms with Crippen LogP contribution in [0.25, 0.3) is 0 Å². The number of hydrogen-bond acceptors (Lipinski definition) is 3. The number of nitrogens with one attached hydrogen (secondary N) is 1. The Balaban J connectivity index is 1.75. The summed E-state index contributed by atoms with van der Waals surface area (Å²) in [5, 5.41) is 13.0. The van der Waals surface area contributed by atoms with Gasteiger partial charge in [0.05, 0.1) is 25.4 Å². The summed E-state index contributed by atoms with van der Waals surface area (Å²) >= 11 is 0. The third-order valence-electron chi connectivity index (χ3n) is 3.11. The molecule has 2 N–H and O–H groups in total. The highest BCUT2D eigenvalue weighted by atomic mass is 16.5. The van der Waals surface area contributed by atoms with Gasteiger partial charge in [-0.15, -0.1) is 0 Å². The van der Waals surface area contributed by atoms with Crippen LogP contribution in [0.15, 0.2) is 0 Å². The molecule has 0 aromatic carbocycles. The van der Waals surface area contributed by atoms with Crippen LogP contribution in [0.5, 0.6) is 0 Å². The van der Waals surface area contributed by atoms with Gasteiger partial charge in [-0.05, 0) is 12.8 Å². The number of ether oxygens (including phenoxy) is 1. The van der Waals surface area contributed by atoms with Crippen molar-refractivity contribution >= 4 is 0 Å². The van der Waals surface area contributed by atoms with Gasteiger partial charge in [0.15, 0.2) is 0 Å². The highest BCUT2D eigenvalue weighted by Crippen LogP contribution is 2.19. The predicted molar refractivity (Wildman–Crippen MR) is 50.6 cm³/mol. The van der Waals surface area contributed by atoms with Crippen LogP contribution in [0, 0.1) is 0 Å². The van der Waals surface area contributed by atoms with E-state index in [9.17, 15) is 5.11 Å². The Kier molecular flexibility index (Phi) is 3.19. The topological polar surface area (TPSA) is 41.5 Å². The summed E-state index contributed by atoms with van der Waals surface area (Å²) in [6, 6.07) is 0.804. The molecule has 3 nitrogen and oxygen atoms in total. The van der Waals surface area contributed by atoms with Crippen LogP contribution in [-0.4, -0.2) is 36.5 Å². The van der Waals surface area contributed by atoms with E-state index in [1.165, 1.54) is 32.1 Å². The van der Waals surface area contributed by atoms with Crippen molar-refractivity contribution in [1.29, 1.82) is 0 Å². The van der Waals surface area contributed by atoms with Crippen molar-refractivity contribution in [2.24, 2.45) is 0 Å². The second-order valence-corrected chi connectivity index (χ2v) is 4.21. The molecule has 0 spiro atoms. The molecule has 0 unspecified atom stereocenters. The van der Waals surface area contributed by atoms with Gasteiger partial charge in [0.2, 0.25) is 0 Å². The molecule has 3 heteroatoms. The van der Waals surface area contributed by atoms with Gasteiger partial charge in [0.1, 0.15) is 0 Å². The van der Waals surface area contributed by atoms with E-state index in [0.717, 1.165) is 0 Å². The average Bonchev–Trinajstić information content (AvgIpc) is 2.54. The molecule has 1 saturated carbocycles. The minimum Gasteiger partial charge on any atom is -0.389 e. The Morgan fingerprint density at radius 3 is 2.46 bits per heavy atom. The number of aliphatic hydroxyl groups excluding tert-OH is 1. The molecule has 2 aliphatic rings. The Morgan fingerprint density at radius 1 is 1.08 bits per heavy atom. The molecule has 1 heterocycles. The molecular weight excluding hydrogens is 166 g/mol. The van der Waals surface area contributed by atoms with Crippen molar-refractivity contribution in [1.82, 2.24) is 5.32 Å². The van der Waals surface area contributed by atoms with E-state index in [4.69, 9.17) is 4.74 Å². The molecule has 2 atom stereocenters. The van der Waals surface area contributed by atoms with Crippen LogP contribution >= 0.6 is 0 Å². The lowest BCUT2D eigenvalue weighted by molar-refractivity contribution is 0.120. The second kappa shape index (κ2) is 4.40. The molecule has 1 saturated heterocycles. The number of rotatable bonds is 2. The third-order valence-corrected chi connectivity index (χ3v) is 3.11. The summed E-state index contributed by atoms with van der Waals surface area (Å²) in [5.41, 5.74) is 0. The Hall–Kier alpha value is -0.120. The normalized spacial score (nSPS) is 36.7. The molecule has 0 aromatic heterocycles. The van der Waals surface area contributed by atoms with Gasteiger partial charge in [-0.3, -0.25) is 0 Å². The van der Waals surface area contributed by atoms with Crippen LogP contribution in [-0.2, 0) is 4.74 Å². The molecule has 0 radical (unpaired) electrons. The third kappa shape index (κ3) is 2.42. The first-order valence-electron chi connectivity index (χ1n) is 5.38. The zero-order valence-electron chi connectivity index (χ0n) is 8.04. The van der Waals surface area contributed by atoms with Gasteiger partial charge in [-0.2, -0.15) is 0 Å². The molecule has 76 valence electrons. The maximum Gasteiger partial charge on any atom is 0.0948 e. The molecule has 0 bridgehead atoms. The highest BCUT2D eigenvalue weighted by Gasteiger charge is 2.28. The second-order valence-electron chi connectivity index (χ2n) is 4.21. The fourth-order valence-electron chi connectivity index (χ4n) is 2.27. The van der Waals surface area contributed by atoms with Crippen molar-refractivity contribution in [2.75, 3.05) is 13.2 Å². The SMILES string of the molecule is O[C@@H]1COC[C@H]1NC1CCCCC1. The Morgan fingerprint density at radius 2 is 1.85 bits per heavy atom. The monoisotopic (exact) mass is 185 g/mol. The molecular formula is C10H19NO2. The van der Waals surface area contributed by atoms with Crippen LogP contribution in [0.3, 0.4) is 0 Å². The number of hydrogen-bond donors (Lipinski definition) is 2. The molecule has 2 fully saturated rings. The maximum atomic E-state index is 9.53. The first-order chi connectivity index (χ1) is 6.36. The number of aliphatic hydroxyl groups is 1. The molecule has 0 aromatic rings. The largest absolute Gasteiger partial charge is 0.389 e. The molecule has 1 aliphatic carbocycles. The van der Waals surface area contributed by atoms with Crippen molar-refractivity contribution in [2.45, 2.75) is 50.3 Å².